The van der Waals surface area contributed by atoms with Gasteiger partial charge < -0.3 is 34.5 Å². The number of halogens is 1. The van der Waals surface area contributed by atoms with Crippen LogP contribution in [0.3, 0.4) is 0 Å². The third kappa shape index (κ3) is 8.03. The molecule has 2 aromatic heterocycles. The molecule has 2 aliphatic rings. The van der Waals surface area contributed by atoms with Gasteiger partial charge >= 0.3 is 0 Å². The number of nitrogens with zero attached hydrogens (tertiary/aromatic N) is 6. The minimum atomic E-state index is -0.541. The Morgan fingerprint density at radius 2 is 1.84 bits per heavy atom. The molecule has 4 heterocycles. The quantitative estimate of drug-likeness (QED) is 0.334. The van der Waals surface area contributed by atoms with E-state index < -0.39 is 41.2 Å². The van der Waals surface area contributed by atoms with E-state index in [1.807, 2.05) is 55.6 Å². The first-order chi connectivity index (χ1) is 23.3. The number of benzene rings is 2. The lowest BCUT2D eigenvalue weighted by Gasteiger charge is -2.39. The molecular weight excluding hydrogens is 631 g/mol. The van der Waals surface area contributed by atoms with E-state index >= 15 is 0 Å². The molecule has 0 spiro atoms. The number of fused-ring (bicyclic) bond motifs is 5. The number of carbonyl (C=O) groups excluding carboxylic acids is 3. The first kappa shape index (κ1) is 33.5. The van der Waals surface area contributed by atoms with Gasteiger partial charge in [-0.3, -0.25) is 14.4 Å². The second-order valence-corrected chi connectivity index (χ2v) is 13.4. The third-order valence-corrected chi connectivity index (χ3v) is 8.18. The van der Waals surface area contributed by atoms with Crippen LogP contribution in [0.5, 0.6) is 11.5 Å². The largest absolute Gasteiger partial charge is 0.457 e. The first-order valence-electron chi connectivity index (χ1n) is 16.0. The van der Waals surface area contributed by atoms with E-state index in [0.29, 0.717) is 42.4 Å². The van der Waals surface area contributed by atoms with Gasteiger partial charge in [0.2, 0.25) is 5.91 Å². The van der Waals surface area contributed by atoms with Crippen LogP contribution in [-0.4, -0.2) is 86.7 Å². The molecule has 4 bridgehead atoms. The summed E-state index contributed by atoms with van der Waals surface area (Å²) in [6.45, 7) is 6.26. The van der Waals surface area contributed by atoms with E-state index in [0.717, 1.165) is 0 Å². The Morgan fingerprint density at radius 3 is 2.55 bits per heavy atom. The fourth-order valence-electron chi connectivity index (χ4n) is 5.89. The van der Waals surface area contributed by atoms with Crippen molar-refractivity contribution in [1.82, 2.24) is 35.3 Å². The Labute approximate surface area is 283 Å². The topological polar surface area (TPSA) is 144 Å². The number of rotatable bonds is 3. The summed E-state index contributed by atoms with van der Waals surface area (Å²) in [6.07, 6.45) is 3.64. The Morgan fingerprint density at radius 1 is 1.04 bits per heavy atom. The van der Waals surface area contributed by atoms with Crippen molar-refractivity contribution in [1.29, 1.82) is 0 Å². The van der Waals surface area contributed by atoms with Gasteiger partial charge in [-0.25, -0.2) is 9.37 Å². The Hall–Kier alpha value is -5.37. The van der Waals surface area contributed by atoms with E-state index in [4.69, 9.17) is 9.47 Å². The molecule has 13 nitrogen and oxygen atoms in total. The summed E-state index contributed by atoms with van der Waals surface area (Å²) in [6, 6.07) is 11.9. The average Bonchev–Trinajstić information content (AvgIpc) is 3.47. The lowest BCUT2D eigenvalue weighted by molar-refractivity contribution is -0.123. The summed E-state index contributed by atoms with van der Waals surface area (Å²) in [5.74, 6) is -0.195. The van der Waals surface area contributed by atoms with E-state index in [-0.39, 0.29) is 35.8 Å². The molecule has 0 saturated carbocycles. The van der Waals surface area contributed by atoms with Crippen molar-refractivity contribution < 1.29 is 28.2 Å². The number of piperidine rings is 1. The van der Waals surface area contributed by atoms with Crippen LogP contribution in [-0.2, 0) is 23.2 Å². The number of hydrogen-bond acceptors (Lipinski definition) is 9. The van der Waals surface area contributed by atoms with Crippen LogP contribution in [0, 0.1) is 5.82 Å². The third-order valence-electron chi connectivity index (χ3n) is 8.18. The van der Waals surface area contributed by atoms with Crippen LogP contribution in [0.2, 0.25) is 0 Å². The smallest absolute Gasteiger partial charge is 0.254 e. The van der Waals surface area contributed by atoms with Gasteiger partial charge in [-0.1, -0.05) is 0 Å². The van der Waals surface area contributed by atoms with Crippen molar-refractivity contribution in [2.45, 2.75) is 51.5 Å². The predicted octanol–water partition coefficient (Wildman–Crippen LogP) is 3.70. The van der Waals surface area contributed by atoms with Crippen molar-refractivity contribution in [3.05, 3.63) is 83.4 Å². The molecule has 256 valence electrons. The number of likely N-dealkylation sites (N-methyl/N-ethyl adjacent to an activating group) is 1. The average molecular weight is 671 g/mol. The van der Waals surface area contributed by atoms with E-state index in [2.05, 4.69) is 25.8 Å². The van der Waals surface area contributed by atoms with E-state index in [1.54, 1.807) is 12.3 Å². The summed E-state index contributed by atoms with van der Waals surface area (Å²) >= 11 is 0. The first-order valence-corrected chi connectivity index (χ1v) is 16.0. The minimum Gasteiger partial charge on any atom is -0.457 e. The minimum absolute atomic E-state index is 0.0565. The molecule has 1 fully saturated rings. The second kappa shape index (κ2) is 13.6. The molecule has 3 amide bonds. The number of imidazole rings is 1. The molecule has 0 unspecified atom stereocenters. The predicted molar refractivity (Wildman–Crippen MR) is 179 cm³/mol. The van der Waals surface area contributed by atoms with E-state index in [9.17, 15) is 18.8 Å². The zero-order valence-corrected chi connectivity index (χ0v) is 28.1. The second-order valence-electron chi connectivity index (χ2n) is 13.4. The molecule has 2 aromatic carbocycles. The Kier molecular flexibility index (Phi) is 9.32. The number of anilines is 1. The number of nitrogens with one attached hydrogen (secondary N) is 2. The fourth-order valence-corrected chi connectivity index (χ4v) is 5.89. The summed E-state index contributed by atoms with van der Waals surface area (Å²) in [5.41, 5.74) is 0.915. The maximum absolute atomic E-state index is 14.8. The summed E-state index contributed by atoms with van der Waals surface area (Å²) < 4.78 is 29.0. The van der Waals surface area contributed by atoms with Crippen molar-refractivity contribution in [2.75, 3.05) is 31.6 Å². The summed E-state index contributed by atoms with van der Waals surface area (Å²) in [4.78, 5) is 47.8. The number of aryl methyl sites for hydroxylation is 1. The number of ether oxygens (including phenoxy) is 2. The molecule has 49 heavy (non-hydrogen) atoms. The summed E-state index contributed by atoms with van der Waals surface area (Å²) in [7, 11) is 3.39. The van der Waals surface area contributed by atoms with Gasteiger partial charge in [0.1, 0.15) is 23.0 Å². The standard InChI is InChI=1S/C35H39FN8O5/c1-35(2,3)39-33(46)22-14-23-16-26(15-22)49-25-13-21(12-24(36)17-25)20-48-29-8-10-44(18-28(29)38-31(45)19-43(5)34(23)47)30-7-6-27(40-41-30)32-37-9-11-42(32)4/h6-7,9,11-17,28-29H,8,10,18-20H2,1-5H3,(H,38,45)(H,39,46)/t28-,29+/m1/s1. The molecule has 2 aliphatic heterocycles. The highest BCUT2D eigenvalue weighted by Crippen LogP contribution is 2.29. The summed E-state index contributed by atoms with van der Waals surface area (Å²) in [5, 5.41) is 14.7. The van der Waals surface area contributed by atoms with Crippen molar-refractivity contribution >= 4 is 23.5 Å². The van der Waals surface area contributed by atoms with Gasteiger partial charge in [-0.15, -0.1) is 10.2 Å². The number of aromatic nitrogens is 4. The van der Waals surface area contributed by atoms with Gasteiger partial charge in [-0.05, 0) is 75.2 Å². The van der Waals surface area contributed by atoms with E-state index in [1.165, 1.54) is 42.3 Å². The number of hydrogen-bond donors (Lipinski definition) is 2. The van der Waals surface area contributed by atoms with Crippen molar-refractivity contribution in [3.8, 4) is 23.0 Å². The monoisotopic (exact) mass is 670 g/mol. The zero-order valence-electron chi connectivity index (χ0n) is 28.1. The van der Waals surface area contributed by atoms with Gasteiger partial charge in [0, 0.05) is 62.3 Å². The number of amides is 3. The lowest BCUT2D eigenvalue weighted by Crippen LogP contribution is -2.57. The van der Waals surface area contributed by atoms with Gasteiger partial charge in [0.05, 0.1) is 25.3 Å². The lowest BCUT2D eigenvalue weighted by atomic mass is 10.0. The maximum atomic E-state index is 14.8. The normalized spacial score (nSPS) is 18.7. The van der Waals surface area contributed by atoms with Crippen LogP contribution in [0.1, 0.15) is 53.5 Å². The SMILES string of the molecule is CN1CC(=O)N[C@@H]2CN(c3ccc(-c4nccn4C)nn3)CC[C@@H]2OCc2cc(F)cc(c2)Oc2cc(C(=O)NC(C)(C)C)cc(c2)C1=O. The molecule has 6 rings (SSSR count). The highest BCUT2D eigenvalue weighted by Gasteiger charge is 2.33. The molecule has 4 aromatic rings. The van der Waals surface area contributed by atoms with Gasteiger partial charge in [-0.2, -0.15) is 0 Å². The Bertz CT molecular complexity index is 1870. The highest BCUT2D eigenvalue weighted by atomic mass is 19.1. The molecule has 1 saturated heterocycles. The highest BCUT2D eigenvalue weighted by molar-refractivity contribution is 6.01. The zero-order chi connectivity index (χ0) is 34.9. The molecule has 0 radical (unpaired) electrons. The van der Waals surface area contributed by atoms with Crippen LogP contribution in [0.4, 0.5) is 10.2 Å². The van der Waals surface area contributed by atoms with Crippen molar-refractivity contribution in [2.24, 2.45) is 7.05 Å². The number of carbonyl (C=O) groups is 3. The fraction of sp³-hybridized carbons (Fsp3) is 0.371. The van der Waals surface area contributed by atoms with Crippen molar-refractivity contribution in [3.63, 3.8) is 0 Å². The van der Waals surface area contributed by atoms with Crippen LogP contribution in [0.15, 0.2) is 60.9 Å². The van der Waals surface area contributed by atoms with Gasteiger partial charge in [0.15, 0.2) is 11.6 Å². The van der Waals surface area contributed by atoms with Crippen LogP contribution in [0.25, 0.3) is 11.5 Å². The van der Waals surface area contributed by atoms with Crippen LogP contribution < -0.4 is 20.3 Å². The van der Waals surface area contributed by atoms with Crippen LogP contribution >= 0.6 is 0 Å². The molecule has 2 atom stereocenters. The maximum Gasteiger partial charge on any atom is 0.254 e. The molecule has 14 heteroatoms. The molecule has 2 N–H and O–H groups in total. The molecule has 0 aliphatic carbocycles. The molecular formula is C35H39FN8O5. The Balaban J connectivity index is 1.28. The van der Waals surface area contributed by atoms with Gasteiger partial charge in [0.25, 0.3) is 11.8 Å².